The molecular weight excluding hydrogens is 238 g/mol. The zero-order valence-corrected chi connectivity index (χ0v) is 11.0. The number of hydrogen-bond donors (Lipinski definition) is 1. The third kappa shape index (κ3) is 2.77. The summed E-state index contributed by atoms with van der Waals surface area (Å²) in [6.07, 6.45) is 0. The Morgan fingerprint density at radius 3 is 2.69 bits per heavy atom. The molecule has 0 atom stereocenters. The van der Waals surface area contributed by atoms with Crippen LogP contribution in [0.2, 0.25) is 4.34 Å². The van der Waals surface area contributed by atoms with Crippen molar-refractivity contribution in [2.45, 2.75) is 20.4 Å². The van der Waals surface area contributed by atoms with E-state index in [9.17, 15) is 0 Å². The van der Waals surface area contributed by atoms with Crippen molar-refractivity contribution in [1.29, 1.82) is 0 Å². The van der Waals surface area contributed by atoms with Gasteiger partial charge in [0.2, 0.25) is 0 Å². The fourth-order valence-electron chi connectivity index (χ4n) is 1.56. The van der Waals surface area contributed by atoms with E-state index in [2.05, 4.69) is 43.4 Å². The Hall–Kier alpha value is -0.990. The van der Waals surface area contributed by atoms with Crippen LogP contribution in [0.1, 0.15) is 16.0 Å². The molecule has 0 bridgehead atoms. The summed E-state index contributed by atoms with van der Waals surface area (Å²) in [5.41, 5.74) is 3.75. The van der Waals surface area contributed by atoms with E-state index in [0.29, 0.717) is 0 Å². The van der Waals surface area contributed by atoms with Crippen molar-refractivity contribution in [2.75, 3.05) is 5.32 Å². The standard InChI is InChI=1S/C13H14ClNS/c1-9-3-4-10(2)12(7-9)15-8-11-5-6-13(14)16-11/h3-7,15H,8H2,1-2H3. The van der Waals surface area contributed by atoms with Crippen molar-refractivity contribution in [3.8, 4) is 0 Å². The summed E-state index contributed by atoms with van der Waals surface area (Å²) >= 11 is 7.51. The molecule has 3 heteroatoms. The summed E-state index contributed by atoms with van der Waals surface area (Å²) in [7, 11) is 0. The number of thiophene rings is 1. The van der Waals surface area contributed by atoms with E-state index >= 15 is 0 Å². The molecule has 1 nitrogen and oxygen atoms in total. The predicted molar refractivity (Wildman–Crippen MR) is 72.6 cm³/mol. The highest BCUT2D eigenvalue weighted by molar-refractivity contribution is 7.16. The summed E-state index contributed by atoms with van der Waals surface area (Å²) in [5.74, 6) is 0. The number of rotatable bonds is 3. The largest absolute Gasteiger partial charge is 0.380 e. The lowest BCUT2D eigenvalue weighted by Gasteiger charge is -2.09. The van der Waals surface area contributed by atoms with Crippen LogP contribution < -0.4 is 5.32 Å². The van der Waals surface area contributed by atoms with Gasteiger partial charge in [0, 0.05) is 17.1 Å². The number of halogens is 1. The molecule has 1 heterocycles. The summed E-state index contributed by atoms with van der Waals surface area (Å²) in [6.45, 7) is 5.05. The first-order chi connectivity index (χ1) is 7.65. The van der Waals surface area contributed by atoms with E-state index in [1.807, 2.05) is 6.07 Å². The Morgan fingerprint density at radius 1 is 1.19 bits per heavy atom. The van der Waals surface area contributed by atoms with Crippen LogP contribution in [0.25, 0.3) is 0 Å². The normalized spacial score (nSPS) is 10.4. The number of anilines is 1. The summed E-state index contributed by atoms with van der Waals surface area (Å²) in [6, 6.07) is 10.4. The van der Waals surface area contributed by atoms with Gasteiger partial charge in [-0.3, -0.25) is 0 Å². The zero-order valence-electron chi connectivity index (χ0n) is 9.38. The molecule has 1 N–H and O–H groups in total. The highest BCUT2D eigenvalue weighted by atomic mass is 35.5. The van der Waals surface area contributed by atoms with Gasteiger partial charge in [-0.05, 0) is 43.2 Å². The smallest absolute Gasteiger partial charge is 0.0931 e. The molecule has 2 rings (SSSR count). The minimum Gasteiger partial charge on any atom is -0.380 e. The van der Waals surface area contributed by atoms with Crippen molar-refractivity contribution in [3.05, 3.63) is 50.7 Å². The van der Waals surface area contributed by atoms with Gasteiger partial charge in [-0.1, -0.05) is 23.7 Å². The average Bonchev–Trinajstić information content (AvgIpc) is 2.66. The second kappa shape index (κ2) is 4.89. The molecule has 0 saturated carbocycles. The van der Waals surface area contributed by atoms with E-state index < -0.39 is 0 Å². The van der Waals surface area contributed by atoms with E-state index in [4.69, 9.17) is 11.6 Å². The molecule has 2 aromatic rings. The molecule has 1 aromatic heterocycles. The van der Waals surface area contributed by atoms with Crippen LogP contribution in [0.15, 0.2) is 30.3 Å². The van der Waals surface area contributed by atoms with Gasteiger partial charge in [0.15, 0.2) is 0 Å². The molecule has 0 fully saturated rings. The minimum absolute atomic E-state index is 0.835. The van der Waals surface area contributed by atoms with Gasteiger partial charge in [-0.25, -0.2) is 0 Å². The maximum absolute atomic E-state index is 5.89. The summed E-state index contributed by atoms with van der Waals surface area (Å²) < 4.78 is 0.845. The van der Waals surface area contributed by atoms with Crippen molar-refractivity contribution < 1.29 is 0 Å². The van der Waals surface area contributed by atoms with Crippen LogP contribution in [0.5, 0.6) is 0 Å². The second-order valence-corrected chi connectivity index (χ2v) is 5.68. The van der Waals surface area contributed by atoms with Crippen molar-refractivity contribution >= 4 is 28.6 Å². The summed E-state index contributed by atoms with van der Waals surface area (Å²) in [4.78, 5) is 1.26. The van der Waals surface area contributed by atoms with Gasteiger partial charge in [0.25, 0.3) is 0 Å². The van der Waals surface area contributed by atoms with Crippen LogP contribution in [0.3, 0.4) is 0 Å². The molecule has 0 aliphatic rings. The number of benzene rings is 1. The first-order valence-corrected chi connectivity index (χ1v) is 6.40. The minimum atomic E-state index is 0.835. The Bertz CT molecular complexity index is 490. The fraction of sp³-hybridized carbons (Fsp3) is 0.231. The highest BCUT2D eigenvalue weighted by Crippen LogP contribution is 2.23. The van der Waals surface area contributed by atoms with Gasteiger partial charge in [-0.2, -0.15) is 0 Å². The van der Waals surface area contributed by atoms with E-state index in [-0.39, 0.29) is 0 Å². The topological polar surface area (TPSA) is 12.0 Å². The van der Waals surface area contributed by atoms with E-state index in [0.717, 1.165) is 10.9 Å². The number of nitrogens with one attached hydrogen (secondary N) is 1. The van der Waals surface area contributed by atoms with Gasteiger partial charge in [0.1, 0.15) is 0 Å². The van der Waals surface area contributed by atoms with Gasteiger partial charge < -0.3 is 5.32 Å². The van der Waals surface area contributed by atoms with E-state index in [1.165, 1.54) is 21.7 Å². The molecule has 0 radical (unpaired) electrons. The van der Waals surface area contributed by atoms with Crippen LogP contribution >= 0.6 is 22.9 Å². The van der Waals surface area contributed by atoms with Gasteiger partial charge in [-0.15, -0.1) is 11.3 Å². The molecule has 0 aliphatic heterocycles. The third-order valence-corrected chi connectivity index (χ3v) is 3.71. The first-order valence-electron chi connectivity index (χ1n) is 5.20. The molecular formula is C13H14ClNS. The molecule has 0 amide bonds. The maximum Gasteiger partial charge on any atom is 0.0931 e. The van der Waals surface area contributed by atoms with Crippen molar-refractivity contribution in [2.24, 2.45) is 0 Å². The third-order valence-electron chi connectivity index (χ3n) is 2.47. The lowest BCUT2D eigenvalue weighted by atomic mass is 10.1. The first kappa shape index (κ1) is 11.5. The van der Waals surface area contributed by atoms with Crippen molar-refractivity contribution in [1.82, 2.24) is 0 Å². The van der Waals surface area contributed by atoms with Gasteiger partial charge in [0.05, 0.1) is 4.34 Å². The molecule has 0 spiro atoms. The SMILES string of the molecule is Cc1ccc(C)c(NCc2ccc(Cl)s2)c1. The number of aryl methyl sites for hydroxylation is 2. The van der Waals surface area contributed by atoms with Crippen LogP contribution in [-0.2, 0) is 6.54 Å². The number of hydrogen-bond acceptors (Lipinski definition) is 2. The predicted octanol–water partition coefficient (Wildman–Crippen LogP) is 4.63. The molecule has 0 saturated heterocycles. The Balaban J connectivity index is 2.07. The fourth-order valence-corrected chi connectivity index (χ4v) is 2.58. The average molecular weight is 252 g/mol. The summed E-state index contributed by atoms with van der Waals surface area (Å²) in [5, 5.41) is 3.44. The molecule has 84 valence electrons. The quantitative estimate of drug-likeness (QED) is 0.839. The molecule has 1 aromatic carbocycles. The monoisotopic (exact) mass is 251 g/mol. The van der Waals surface area contributed by atoms with Gasteiger partial charge >= 0.3 is 0 Å². The van der Waals surface area contributed by atoms with Crippen LogP contribution in [0.4, 0.5) is 5.69 Å². The van der Waals surface area contributed by atoms with Crippen LogP contribution in [-0.4, -0.2) is 0 Å². The zero-order chi connectivity index (χ0) is 11.5. The Kier molecular flexibility index (Phi) is 3.52. The molecule has 0 aliphatic carbocycles. The maximum atomic E-state index is 5.89. The highest BCUT2D eigenvalue weighted by Gasteiger charge is 2.00. The second-order valence-electron chi connectivity index (χ2n) is 3.88. The van der Waals surface area contributed by atoms with Crippen LogP contribution in [0, 0.1) is 13.8 Å². The Labute approximate surface area is 105 Å². The Morgan fingerprint density at radius 2 is 2.00 bits per heavy atom. The van der Waals surface area contributed by atoms with Crippen molar-refractivity contribution in [3.63, 3.8) is 0 Å². The van der Waals surface area contributed by atoms with E-state index in [1.54, 1.807) is 11.3 Å². The lowest BCUT2D eigenvalue weighted by molar-refractivity contribution is 1.17. The molecule has 0 unspecified atom stereocenters. The lowest BCUT2D eigenvalue weighted by Crippen LogP contribution is -1.99. The molecule has 16 heavy (non-hydrogen) atoms.